The average molecular weight is 330 g/mol. The number of rotatable bonds is 3. The number of thiazole rings is 1. The zero-order valence-electron chi connectivity index (χ0n) is 13.0. The maximum Gasteiger partial charge on any atom is 0.308 e. The minimum absolute atomic E-state index is 0.170. The summed E-state index contributed by atoms with van der Waals surface area (Å²) < 4.78 is 0. The highest BCUT2D eigenvalue weighted by Crippen LogP contribution is 2.34. The van der Waals surface area contributed by atoms with E-state index in [1.54, 1.807) is 4.90 Å². The summed E-state index contributed by atoms with van der Waals surface area (Å²) in [6, 6.07) is 9.54. The van der Waals surface area contributed by atoms with Crippen molar-refractivity contribution in [2.75, 3.05) is 13.1 Å². The topological polar surface area (TPSA) is 70.5 Å². The quantitative estimate of drug-likeness (QED) is 0.939. The number of nitrogens with zero attached hydrogens (tertiary/aromatic N) is 2. The maximum atomic E-state index is 12.7. The first-order chi connectivity index (χ1) is 11.0. The summed E-state index contributed by atoms with van der Waals surface area (Å²) >= 11 is 1.49. The molecule has 1 saturated heterocycles. The van der Waals surface area contributed by atoms with E-state index in [0.29, 0.717) is 12.2 Å². The van der Waals surface area contributed by atoms with Crippen LogP contribution < -0.4 is 0 Å². The second-order valence-electron chi connectivity index (χ2n) is 5.81. The fourth-order valence-electron chi connectivity index (χ4n) is 3.13. The monoisotopic (exact) mass is 330 g/mol. The number of aromatic nitrogens is 1. The fraction of sp³-hybridized carbons (Fsp3) is 0.353. The summed E-state index contributed by atoms with van der Waals surface area (Å²) in [6.45, 7) is 4.38. The van der Waals surface area contributed by atoms with Gasteiger partial charge in [-0.25, -0.2) is 4.98 Å². The standard InChI is InChI=1S/C17H18N2O3S/c1-10-15(18-11(2)23-10)16(20)19-8-13(14(9-19)17(21)22)12-6-4-3-5-7-12/h3-7,13-14H,8-9H2,1-2H3,(H,21,22)/t13-,14-/m0/s1. The molecule has 1 aromatic carbocycles. The van der Waals surface area contributed by atoms with Gasteiger partial charge in [0.1, 0.15) is 5.69 Å². The van der Waals surface area contributed by atoms with Crippen LogP contribution >= 0.6 is 11.3 Å². The van der Waals surface area contributed by atoms with Gasteiger partial charge in [0.05, 0.1) is 10.9 Å². The molecule has 2 atom stereocenters. The van der Waals surface area contributed by atoms with Gasteiger partial charge in [-0.05, 0) is 19.4 Å². The molecule has 1 fully saturated rings. The van der Waals surface area contributed by atoms with E-state index < -0.39 is 11.9 Å². The van der Waals surface area contributed by atoms with E-state index in [2.05, 4.69) is 4.98 Å². The molecule has 2 aromatic rings. The Labute approximate surface area is 138 Å². The van der Waals surface area contributed by atoms with E-state index in [1.807, 2.05) is 44.2 Å². The molecule has 0 saturated carbocycles. The van der Waals surface area contributed by atoms with Crippen LogP contribution in [0, 0.1) is 19.8 Å². The third-order valence-electron chi connectivity index (χ3n) is 4.26. The number of likely N-dealkylation sites (tertiary alicyclic amines) is 1. The van der Waals surface area contributed by atoms with Crippen LogP contribution in [-0.4, -0.2) is 40.0 Å². The first-order valence-corrected chi connectivity index (χ1v) is 8.30. The zero-order chi connectivity index (χ0) is 16.6. The maximum absolute atomic E-state index is 12.7. The molecule has 1 amide bonds. The molecule has 1 aromatic heterocycles. The number of carbonyl (C=O) groups is 2. The molecule has 120 valence electrons. The number of aliphatic carboxylic acids is 1. The first-order valence-electron chi connectivity index (χ1n) is 7.48. The summed E-state index contributed by atoms with van der Waals surface area (Å²) in [5.74, 6) is -1.80. The third-order valence-corrected chi connectivity index (χ3v) is 5.14. The molecule has 3 rings (SSSR count). The molecule has 0 unspecified atom stereocenters. The molecule has 0 radical (unpaired) electrons. The number of hydrogen-bond donors (Lipinski definition) is 1. The Morgan fingerprint density at radius 3 is 2.48 bits per heavy atom. The van der Waals surface area contributed by atoms with Gasteiger partial charge in [0.15, 0.2) is 0 Å². The van der Waals surface area contributed by atoms with Gasteiger partial charge < -0.3 is 10.0 Å². The lowest BCUT2D eigenvalue weighted by Crippen LogP contribution is -2.30. The van der Waals surface area contributed by atoms with Crippen molar-refractivity contribution < 1.29 is 14.7 Å². The molecule has 0 aliphatic carbocycles. The van der Waals surface area contributed by atoms with Crippen LogP contribution in [0.25, 0.3) is 0 Å². The second kappa shape index (κ2) is 6.12. The Kier molecular flexibility index (Phi) is 4.17. The predicted molar refractivity (Wildman–Crippen MR) is 87.8 cm³/mol. The van der Waals surface area contributed by atoms with Gasteiger partial charge in [-0.15, -0.1) is 11.3 Å². The van der Waals surface area contributed by atoms with E-state index in [4.69, 9.17) is 0 Å². The van der Waals surface area contributed by atoms with E-state index >= 15 is 0 Å². The molecule has 0 bridgehead atoms. The number of hydrogen-bond acceptors (Lipinski definition) is 4. The van der Waals surface area contributed by atoms with Crippen LogP contribution in [0.2, 0.25) is 0 Å². The van der Waals surface area contributed by atoms with Crippen molar-refractivity contribution in [1.82, 2.24) is 9.88 Å². The highest BCUT2D eigenvalue weighted by molar-refractivity contribution is 7.11. The minimum Gasteiger partial charge on any atom is -0.481 e. The molecule has 1 N–H and O–H groups in total. The number of aryl methyl sites for hydroxylation is 2. The number of carboxylic acid groups (broad SMARTS) is 1. The molecule has 23 heavy (non-hydrogen) atoms. The van der Waals surface area contributed by atoms with E-state index in [1.165, 1.54) is 11.3 Å². The van der Waals surface area contributed by atoms with Crippen molar-refractivity contribution >= 4 is 23.2 Å². The van der Waals surface area contributed by atoms with E-state index in [-0.39, 0.29) is 18.4 Å². The molecule has 0 spiro atoms. The smallest absolute Gasteiger partial charge is 0.308 e. The number of carboxylic acids is 1. The summed E-state index contributed by atoms with van der Waals surface area (Å²) in [7, 11) is 0. The number of carbonyl (C=O) groups excluding carboxylic acids is 1. The zero-order valence-corrected chi connectivity index (χ0v) is 13.8. The van der Waals surface area contributed by atoms with Crippen LogP contribution in [0.15, 0.2) is 30.3 Å². The summed E-state index contributed by atoms with van der Waals surface area (Å²) in [4.78, 5) is 31.1. The lowest BCUT2D eigenvalue weighted by atomic mass is 9.89. The Balaban J connectivity index is 1.87. The van der Waals surface area contributed by atoms with Crippen molar-refractivity contribution in [2.45, 2.75) is 19.8 Å². The predicted octanol–water partition coefficient (Wildman–Crippen LogP) is 2.70. The van der Waals surface area contributed by atoms with Gasteiger partial charge in [-0.3, -0.25) is 9.59 Å². The van der Waals surface area contributed by atoms with Crippen molar-refractivity contribution in [3.8, 4) is 0 Å². The third kappa shape index (κ3) is 2.99. The molecular weight excluding hydrogens is 312 g/mol. The van der Waals surface area contributed by atoms with Crippen LogP contribution in [0.3, 0.4) is 0 Å². The van der Waals surface area contributed by atoms with Crippen LogP contribution in [0.4, 0.5) is 0 Å². The van der Waals surface area contributed by atoms with E-state index in [0.717, 1.165) is 15.4 Å². The van der Waals surface area contributed by atoms with Gasteiger partial charge >= 0.3 is 5.97 Å². The van der Waals surface area contributed by atoms with Gasteiger partial charge in [0.2, 0.25) is 0 Å². The lowest BCUT2D eigenvalue weighted by molar-refractivity contribution is -0.141. The van der Waals surface area contributed by atoms with Gasteiger partial charge in [-0.2, -0.15) is 0 Å². The molecule has 1 aliphatic rings. The Bertz CT molecular complexity index is 742. The van der Waals surface area contributed by atoms with Crippen LogP contribution in [0.1, 0.15) is 31.9 Å². The Hall–Kier alpha value is -2.21. The highest BCUT2D eigenvalue weighted by atomic mass is 32.1. The first kappa shape index (κ1) is 15.7. The second-order valence-corrected chi connectivity index (χ2v) is 7.22. The number of benzene rings is 1. The Morgan fingerprint density at radius 1 is 1.22 bits per heavy atom. The van der Waals surface area contributed by atoms with Crippen molar-refractivity contribution in [3.63, 3.8) is 0 Å². The minimum atomic E-state index is -0.861. The van der Waals surface area contributed by atoms with E-state index in [9.17, 15) is 14.7 Å². The molecule has 5 nitrogen and oxygen atoms in total. The largest absolute Gasteiger partial charge is 0.481 e. The average Bonchev–Trinajstić information content (AvgIpc) is 3.11. The van der Waals surface area contributed by atoms with Gasteiger partial charge in [0, 0.05) is 23.9 Å². The summed E-state index contributed by atoms with van der Waals surface area (Å²) in [5.41, 5.74) is 1.41. The fourth-order valence-corrected chi connectivity index (χ4v) is 3.94. The molecular formula is C17H18N2O3S. The van der Waals surface area contributed by atoms with Gasteiger partial charge in [0.25, 0.3) is 5.91 Å². The van der Waals surface area contributed by atoms with Crippen molar-refractivity contribution in [3.05, 3.63) is 51.5 Å². The summed E-state index contributed by atoms with van der Waals surface area (Å²) in [6.07, 6.45) is 0. The Morgan fingerprint density at radius 2 is 1.91 bits per heavy atom. The van der Waals surface area contributed by atoms with Crippen molar-refractivity contribution in [2.24, 2.45) is 5.92 Å². The highest BCUT2D eigenvalue weighted by Gasteiger charge is 2.41. The van der Waals surface area contributed by atoms with Gasteiger partial charge in [-0.1, -0.05) is 30.3 Å². The molecule has 6 heteroatoms. The van der Waals surface area contributed by atoms with Crippen LogP contribution in [0.5, 0.6) is 0 Å². The molecule has 1 aliphatic heterocycles. The number of amides is 1. The van der Waals surface area contributed by atoms with Crippen LogP contribution in [-0.2, 0) is 4.79 Å². The summed E-state index contributed by atoms with van der Waals surface area (Å²) in [5, 5.41) is 10.4. The molecule has 2 heterocycles. The normalized spacial score (nSPS) is 20.7. The SMILES string of the molecule is Cc1nc(C(=O)N2C[C@H](C(=O)O)[C@H](c3ccccc3)C2)c(C)s1. The van der Waals surface area contributed by atoms with Crippen molar-refractivity contribution in [1.29, 1.82) is 0 Å². The lowest BCUT2D eigenvalue weighted by Gasteiger charge is -2.16.